The Labute approximate surface area is 136 Å². The molecule has 2 amide bonds. The third-order valence-electron chi connectivity index (χ3n) is 2.97. The van der Waals surface area contributed by atoms with Crippen LogP contribution in [0.4, 0.5) is 11.4 Å². The van der Waals surface area contributed by atoms with Crippen molar-refractivity contribution in [2.45, 2.75) is 0 Å². The molecule has 0 saturated carbocycles. The number of anilines is 2. The first-order valence-electron chi connectivity index (χ1n) is 6.63. The standard InChI is InChI=1S/C16H11ClN2O4/c17-10-5-6-11(18-15(20)13-3-1-7-22-13)12(9-10)19-16(21)14-4-2-8-23-14/h1-9H,(H,18,20)(H,19,21). The molecule has 0 unspecified atom stereocenters. The van der Waals surface area contributed by atoms with Gasteiger partial charge in [-0.3, -0.25) is 9.59 Å². The van der Waals surface area contributed by atoms with Gasteiger partial charge in [-0.15, -0.1) is 0 Å². The highest BCUT2D eigenvalue weighted by Gasteiger charge is 2.15. The molecule has 0 radical (unpaired) electrons. The lowest BCUT2D eigenvalue weighted by atomic mass is 10.2. The molecule has 0 aliphatic heterocycles. The third kappa shape index (κ3) is 3.44. The van der Waals surface area contributed by atoms with Crippen LogP contribution in [0.3, 0.4) is 0 Å². The Morgan fingerprint density at radius 1 is 0.826 bits per heavy atom. The Morgan fingerprint density at radius 2 is 1.39 bits per heavy atom. The largest absolute Gasteiger partial charge is 0.459 e. The van der Waals surface area contributed by atoms with E-state index in [1.54, 1.807) is 24.3 Å². The van der Waals surface area contributed by atoms with E-state index in [0.717, 1.165) is 0 Å². The number of benzene rings is 1. The molecule has 116 valence electrons. The van der Waals surface area contributed by atoms with E-state index >= 15 is 0 Å². The van der Waals surface area contributed by atoms with Gasteiger partial charge in [-0.2, -0.15) is 0 Å². The van der Waals surface area contributed by atoms with E-state index in [0.29, 0.717) is 16.4 Å². The van der Waals surface area contributed by atoms with Crippen molar-refractivity contribution < 1.29 is 18.4 Å². The van der Waals surface area contributed by atoms with Crippen LogP contribution < -0.4 is 10.6 Å². The fourth-order valence-electron chi connectivity index (χ4n) is 1.91. The second-order valence-corrected chi connectivity index (χ2v) is 4.99. The summed E-state index contributed by atoms with van der Waals surface area (Å²) in [5.74, 6) is -0.590. The summed E-state index contributed by atoms with van der Waals surface area (Å²) in [5, 5.41) is 5.71. The predicted octanol–water partition coefficient (Wildman–Crippen LogP) is 4.03. The predicted molar refractivity (Wildman–Crippen MR) is 84.8 cm³/mol. The van der Waals surface area contributed by atoms with Crippen LogP contribution in [0, 0.1) is 0 Å². The zero-order chi connectivity index (χ0) is 16.2. The minimum Gasteiger partial charge on any atom is -0.459 e. The molecular weight excluding hydrogens is 320 g/mol. The summed E-state index contributed by atoms with van der Waals surface area (Å²) in [6.07, 6.45) is 2.79. The number of amides is 2. The minimum atomic E-state index is -0.453. The molecule has 0 aliphatic rings. The monoisotopic (exact) mass is 330 g/mol. The van der Waals surface area contributed by atoms with Crippen molar-refractivity contribution in [1.29, 1.82) is 0 Å². The summed E-state index contributed by atoms with van der Waals surface area (Å²) in [6.45, 7) is 0. The summed E-state index contributed by atoms with van der Waals surface area (Å²) in [7, 11) is 0. The van der Waals surface area contributed by atoms with Crippen molar-refractivity contribution in [3.8, 4) is 0 Å². The molecule has 0 spiro atoms. The lowest BCUT2D eigenvalue weighted by Gasteiger charge is -2.11. The van der Waals surface area contributed by atoms with Crippen molar-refractivity contribution in [1.82, 2.24) is 0 Å². The van der Waals surface area contributed by atoms with Crippen molar-refractivity contribution in [3.05, 3.63) is 71.5 Å². The van der Waals surface area contributed by atoms with Crippen molar-refractivity contribution in [3.63, 3.8) is 0 Å². The molecule has 2 heterocycles. The minimum absolute atomic E-state index is 0.147. The Hall–Kier alpha value is -2.99. The average molecular weight is 331 g/mol. The van der Waals surface area contributed by atoms with E-state index in [1.807, 2.05) is 0 Å². The van der Waals surface area contributed by atoms with Crippen molar-refractivity contribution >= 4 is 34.8 Å². The maximum atomic E-state index is 12.1. The first kappa shape index (κ1) is 14.9. The van der Waals surface area contributed by atoms with E-state index < -0.39 is 11.8 Å². The van der Waals surface area contributed by atoms with Gasteiger partial charge in [-0.1, -0.05) is 11.6 Å². The summed E-state index contributed by atoms with van der Waals surface area (Å²) in [5.41, 5.74) is 0.731. The topological polar surface area (TPSA) is 84.5 Å². The van der Waals surface area contributed by atoms with Gasteiger partial charge in [0.05, 0.1) is 23.9 Å². The zero-order valence-corrected chi connectivity index (χ0v) is 12.5. The molecule has 0 bridgehead atoms. The molecule has 3 aromatic rings. The average Bonchev–Trinajstić information content (AvgIpc) is 3.23. The van der Waals surface area contributed by atoms with Crippen LogP contribution in [-0.2, 0) is 0 Å². The van der Waals surface area contributed by atoms with Crippen LogP contribution in [0.1, 0.15) is 21.1 Å². The van der Waals surface area contributed by atoms with Gasteiger partial charge in [-0.05, 0) is 42.5 Å². The number of rotatable bonds is 4. The number of halogens is 1. The van der Waals surface area contributed by atoms with Crippen LogP contribution in [-0.4, -0.2) is 11.8 Å². The normalized spacial score (nSPS) is 10.3. The second-order valence-electron chi connectivity index (χ2n) is 4.55. The summed E-state index contributed by atoms with van der Waals surface area (Å²) < 4.78 is 10.1. The molecule has 6 nitrogen and oxygen atoms in total. The van der Waals surface area contributed by atoms with Gasteiger partial charge in [0, 0.05) is 5.02 Å². The lowest BCUT2D eigenvalue weighted by molar-refractivity contribution is 0.0987. The molecule has 1 aromatic carbocycles. The van der Waals surface area contributed by atoms with Gasteiger partial charge < -0.3 is 19.5 Å². The third-order valence-corrected chi connectivity index (χ3v) is 3.20. The highest BCUT2D eigenvalue weighted by atomic mass is 35.5. The quantitative estimate of drug-likeness (QED) is 0.756. The maximum Gasteiger partial charge on any atom is 0.291 e. The van der Waals surface area contributed by atoms with E-state index in [4.69, 9.17) is 20.4 Å². The first-order valence-corrected chi connectivity index (χ1v) is 7.00. The Balaban J connectivity index is 1.83. The molecule has 2 N–H and O–H groups in total. The van der Waals surface area contributed by atoms with Crippen LogP contribution in [0.25, 0.3) is 0 Å². The number of hydrogen-bond donors (Lipinski definition) is 2. The van der Waals surface area contributed by atoms with Crippen molar-refractivity contribution in [2.75, 3.05) is 10.6 Å². The number of hydrogen-bond acceptors (Lipinski definition) is 4. The van der Waals surface area contributed by atoms with Gasteiger partial charge in [-0.25, -0.2) is 0 Å². The van der Waals surface area contributed by atoms with E-state index in [9.17, 15) is 9.59 Å². The molecular formula is C16H11ClN2O4. The molecule has 0 aliphatic carbocycles. The molecule has 3 rings (SSSR count). The SMILES string of the molecule is O=C(Nc1ccc(Cl)cc1NC(=O)c1ccco1)c1ccco1. The van der Waals surface area contributed by atoms with Crippen LogP contribution >= 0.6 is 11.6 Å². The number of carbonyl (C=O) groups excluding carboxylic acids is 2. The molecule has 0 saturated heterocycles. The molecule has 0 atom stereocenters. The lowest BCUT2D eigenvalue weighted by Crippen LogP contribution is -2.16. The van der Waals surface area contributed by atoms with Crippen LogP contribution in [0.2, 0.25) is 5.02 Å². The highest BCUT2D eigenvalue weighted by Crippen LogP contribution is 2.27. The summed E-state index contributed by atoms with van der Waals surface area (Å²) in [4.78, 5) is 24.1. The Kier molecular flexibility index (Phi) is 4.16. The maximum absolute atomic E-state index is 12.1. The van der Waals surface area contributed by atoms with Gasteiger partial charge in [0.2, 0.25) is 0 Å². The summed E-state index contributed by atoms with van der Waals surface area (Å²) in [6, 6.07) is 11.0. The molecule has 0 fully saturated rings. The Bertz CT molecular complexity index is 826. The van der Waals surface area contributed by atoms with Gasteiger partial charge in [0.25, 0.3) is 11.8 Å². The van der Waals surface area contributed by atoms with E-state index in [1.165, 1.54) is 30.7 Å². The number of furan rings is 2. The first-order chi connectivity index (χ1) is 11.1. The Morgan fingerprint density at radius 3 is 1.91 bits per heavy atom. The molecule has 2 aromatic heterocycles. The number of carbonyl (C=O) groups is 2. The smallest absolute Gasteiger partial charge is 0.291 e. The molecule has 23 heavy (non-hydrogen) atoms. The van der Waals surface area contributed by atoms with Gasteiger partial charge in [0.15, 0.2) is 11.5 Å². The fraction of sp³-hybridized carbons (Fsp3) is 0. The zero-order valence-electron chi connectivity index (χ0n) is 11.7. The van der Waals surface area contributed by atoms with E-state index in [-0.39, 0.29) is 11.5 Å². The van der Waals surface area contributed by atoms with Crippen molar-refractivity contribution in [2.24, 2.45) is 0 Å². The van der Waals surface area contributed by atoms with E-state index in [2.05, 4.69) is 10.6 Å². The second kappa shape index (κ2) is 6.41. The van der Waals surface area contributed by atoms with Crippen LogP contribution in [0.15, 0.2) is 63.8 Å². The van der Waals surface area contributed by atoms with Crippen LogP contribution in [0.5, 0.6) is 0 Å². The molecule has 7 heteroatoms. The van der Waals surface area contributed by atoms with Gasteiger partial charge >= 0.3 is 0 Å². The highest BCUT2D eigenvalue weighted by molar-refractivity contribution is 6.31. The summed E-state index contributed by atoms with van der Waals surface area (Å²) >= 11 is 5.96. The number of nitrogens with one attached hydrogen (secondary N) is 2. The van der Waals surface area contributed by atoms with Gasteiger partial charge in [0.1, 0.15) is 0 Å². The fourth-order valence-corrected chi connectivity index (χ4v) is 2.08.